The maximum absolute atomic E-state index is 11.7. The fourth-order valence-corrected chi connectivity index (χ4v) is 4.85. The predicted molar refractivity (Wildman–Crippen MR) is 140 cm³/mol. The van der Waals surface area contributed by atoms with E-state index in [1.165, 1.54) is 5.56 Å². The van der Waals surface area contributed by atoms with Crippen LogP contribution in [-0.2, 0) is 13.9 Å². The number of quaternary nitrogens is 1. The Balaban J connectivity index is 0.00000180. The van der Waals surface area contributed by atoms with Crippen molar-refractivity contribution in [2.45, 2.75) is 33.7 Å². The number of hydroxylamine groups is 1. The van der Waals surface area contributed by atoms with Crippen LogP contribution in [0.15, 0.2) is 46.7 Å². The van der Waals surface area contributed by atoms with E-state index in [0.717, 1.165) is 22.5 Å². The first-order chi connectivity index (χ1) is 16.0. The van der Waals surface area contributed by atoms with Gasteiger partial charge in [0.25, 0.3) is 7.82 Å². The number of aliphatic imine (C=N–C) groups is 1. The topological polar surface area (TPSA) is 136 Å². The normalized spacial score (nSPS) is 24.9. The molecule has 1 saturated heterocycles. The summed E-state index contributed by atoms with van der Waals surface area (Å²) in [5, 5.41) is 6.50. The Morgan fingerprint density at radius 3 is 2.58 bits per heavy atom. The van der Waals surface area contributed by atoms with Gasteiger partial charge < -0.3 is 19.8 Å². The molecule has 11 nitrogen and oxygen atoms in total. The van der Waals surface area contributed by atoms with E-state index in [2.05, 4.69) is 16.1 Å². The van der Waals surface area contributed by atoms with Crippen LogP contribution in [0.1, 0.15) is 23.6 Å². The first-order valence-corrected chi connectivity index (χ1v) is 12.2. The SMILES string of the molecule is CC1=C2NOC(Nc3cc(C)c(C)c(C)c3)(N=C1)[N+]2(COP(=O)([O-])O)c1ccc2c(c1)NCO2.[KH].[KH]. The Labute approximate surface area is 294 Å². The molecule has 3 aliphatic rings. The first kappa shape index (κ1) is 30.9. The second-order valence-electron chi connectivity index (χ2n) is 8.64. The average molecular weight is 568 g/mol. The molecule has 2 bridgehead atoms. The molecule has 0 saturated carbocycles. The van der Waals surface area contributed by atoms with E-state index in [1.54, 1.807) is 18.3 Å². The van der Waals surface area contributed by atoms with Crippen LogP contribution in [0.25, 0.3) is 0 Å². The molecule has 1 fully saturated rings. The summed E-state index contributed by atoms with van der Waals surface area (Å²) in [5.41, 5.74) is 8.99. The number of rotatable bonds is 6. The van der Waals surface area contributed by atoms with Crippen molar-refractivity contribution in [3.05, 3.63) is 58.4 Å². The molecular formula is C22H28K2N5O6P. The third-order valence-corrected chi connectivity index (χ3v) is 6.98. The van der Waals surface area contributed by atoms with Crippen LogP contribution in [0.2, 0.25) is 0 Å². The molecule has 3 heterocycles. The van der Waals surface area contributed by atoms with Crippen LogP contribution in [0.4, 0.5) is 17.1 Å². The quantitative estimate of drug-likeness (QED) is 0.232. The van der Waals surface area contributed by atoms with E-state index < -0.39 is 20.5 Å². The summed E-state index contributed by atoms with van der Waals surface area (Å²) < 4.78 is 21.9. The fourth-order valence-electron chi connectivity index (χ4n) is 4.53. The minimum absolute atomic E-state index is 0. The zero-order valence-electron chi connectivity index (χ0n) is 19.2. The molecule has 3 aliphatic heterocycles. The molecule has 0 aromatic heterocycles. The van der Waals surface area contributed by atoms with Crippen LogP contribution in [0, 0.1) is 20.8 Å². The van der Waals surface area contributed by atoms with Gasteiger partial charge in [0.15, 0.2) is 6.73 Å². The van der Waals surface area contributed by atoms with Gasteiger partial charge in [-0.1, -0.05) is 0 Å². The van der Waals surface area contributed by atoms with Gasteiger partial charge in [0.2, 0.25) is 12.6 Å². The zero-order chi connectivity index (χ0) is 24.3. The third-order valence-electron chi connectivity index (χ3n) is 6.54. The van der Waals surface area contributed by atoms with E-state index in [4.69, 9.17) is 19.1 Å². The Bertz CT molecular complexity index is 1280. The van der Waals surface area contributed by atoms with Gasteiger partial charge in [-0.2, -0.15) is 14.3 Å². The number of hydrogen-bond acceptors (Lipinski definition) is 9. The maximum atomic E-state index is 11.7. The molecule has 5 rings (SSSR count). The number of benzene rings is 2. The van der Waals surface area contributed by atoms with Crippen LogP contribution in [0.3, 0.4) is 0 Å². The number of hydrogen-bond donors (Lipinski definition) is 4. The van der Waals surface area contributed by atoms with Crippen molar-refractivity contribution in [3.8, 4) is 5.75 Å². The molecule has 36 heavy (non-hydrogen) atoms. The summed E-state index contributed by atoms with van der Waals surface area (Å²) in [4.78, 5) is 32.0. The summed E-state index contributed by atoms with van der Waals surface area (Å²) in [6.45, 7) is 7.68. The monoisotopic (exact) mass is 567 g/mol. The number of nitrogens with one attached hydrogen (secondary N) is 3. The van der Waals surface area contributed by atoms with Crippen molar-refractivity contribution in [1.82, 2.24) is 9.96 Å². The van der Waals surface area contributed by atoms with E-state index in [0.29, 0.717) is 29.6 Å². The van der Waals surface area contributed by atoms with Gasteiger partial charge in [0, 0.05) is 29.6 Å². The van der Waals surface area contributed by atoms with E-state index in [-0.39, 0.29) is 107 Å². The van der Waals surface area contributed by atoms with E-state index in [1.807, 2.05) is 45.9 Å². The second kappa shape index (κ2) is 11.5. The molecule has 14 heteroatoms. The van der Waals surface area contributed by atoms with Crippen molar-refractivity contribution in [1.29, 1.82) is 0 Å². The van der Waals surface area contributed by atoms with Gasteiger partial charge >= 0.3 is 109 Å². The number of allylic oxidation sites excluding steroid dienone is 1. The van der Waals surface area contributed by atoms with Crippen molar-refractivity contribution in [2.75, 3.05) is 24.1 Å². The average Bonchev–Trinajstić information content (AvgIpc) is 3.32. The van der Waals surface area contributed by atoms with Crippen molar-refractivity contribution in [2.24, 2.45) is 4.99 Å². The van der Waals surface area contributed by atoms with E-state index >= 15 is 0 Å². The molecule has 184 valence electrons. The standard InChI is InChI=1S/C22H26N5O6P.2K.2H/c1-13-7-17(8-14(2)16(13)4)25-22-24-10-15(3)21(26-33-22)27(22,12-32-34(28,29)30)18-5-6-20-19(9-18)23-11-31-20;;;;/h5-10,23,25-26H,11-12H2,1-4H3,(H-,28,29,30);;;;. The zero-order valence-corrected chi connectivity index (χ0v) is 20.1. The number of nitrogens with zero attached hydrogens (tertiary/aromatic N) is 2. The summed E-state index contributed by atoms with van der Waals surface area (Å²) in [5.74, 6) is -0.402. The summed E-state index contributed by atoms with van der Waals surface area (Å²) in [6, 6.07) is 9.33. The number of fused-ring (bicyclic) bond motifs is 3. The molecule has 0 spiro atoms. The summed E-state index contributed by atoms with van der Waals surface area (Å²) in [7, 11) is -5.08. The van der Waals surface area contributed by atoms with Gasteiger partial charge in [0.1, 0.15) is 11.4 Å². The Morgan fingerprint density at radius 2 is 1.92 bits per heavy atom. The number of aryl methyl sites for hydroxylation is 2. The summed E-state index contributed by atoms with van der Waals surface area (Å²) >= 11 is 0. The van der Waals surface area contributed by atoms with Crippen molar-refractivity contribution < 1.29 is 28.5 Å². The minimum atomic E-state index is -5.08. The van der Waals surface area contributed by atoms with Gasteiger partial charge in [-0.3, -0.25) is 14.4 Å². The van der Waals surface area contributed by atoms with Gasteiger partial charge in [0.05, 0.1) is 5.69 Å². The van der Waals surface area contributed by atoms with Crippen LogP contribution >= 0.6 is 7.82 Å². The Morgan fingerprint density at radius 1 is 1.22 bits per heavy atom. The molecule has 0 aliphatic carbocycles. The molecular weight excluding hydrogens is 539 g/mol. The summed E-state index contributed by atoms with van der Waals surface area (Å²) in [6.07, 6.45) is 1.65. The number of ether oxygens (including phenoxy) is 1. The van der Waals surface area contributed by atoms with Gasteiger partial charge in [-0.25, -0.2) is 5.48 Å². The van der Waals surface area contributed by atoms with Crippen LogP contribution < -0.4 is 30.2 Å². The second-order valence-corrected chi connectivity index (χ2v) is 9.84. The first-order valence-electron chi connectivity index (χ1n) is 10.7. The van der Waals surface area contributed by atoms with Gasteiger partial charge in [-0.15, -0.1) is 0 Å². The molecule has 0 amide bonds. The number of phosphoric acid groups is 1. The molecule has 0 radical (unpaired) electrons. The van der Waals surface area contributed by atoms with Crippen molar-refractivity contribution >= 4 is 134 Å². The molecule has 2 aromatic rings. The molecule has 4 N–H and O–H groups in total. The Hall–Kier alpha value is 0.353. The van der Waals surface area contributed by atoms with Crippen LogP contribution in [0.5, 0.6) is 5.75 Å². The molecule has 3 unspecified atom stereocenters. The number of anilines is 2. The van der Waals surface area contributed by atoms with Crippen molar-refractivity contribution in [3.63, 3.8) is 0 Å². The Kier molecular flexibility index (Phi) is 9.83. The predicted octanol–water partition coefficient (Wildman–Crippen LogP) is 1.39. The van der Waals surface area contributed by atoms with Gasteiger partial charge in [-0.05, 0) is 62.6 Å². The fraction of sp³-hybridized carbons (Fsp3) is 0.318. The molecule has 2 aromatic carbocycles. The van der Waals surface area contributed by atoms with E-state index in [9.17, 15) is 14.4 Å². The third kappa shape index (κ3) is 5.37. The number of phosphoric ester groups is 1. The van der Waals surface area contributed by atoms with Crippen LogP contribution in [-0.4, -0.2) is 133 Å². The molecule has 3 atom stereocenters.